The Balaban J connectivity index is 0.00000192. The zero-order valence-electron chi connectivity index (χ0n) is 12.4. The number of hydrogen-bond acceptors (Lipinski definition) is 6. The number of halogens is 2. The zero-order valence-corrected chi connectivity index (χ0v) is 14.0. The number of nitriles is 1. The Hall–Kier alpha value is -1.62. The average molecular weight is 357 g/mol. The lowest BCUT2D eigenvalue weighted by Crippen LogP contribution is -2.45. The van der Waals surface area contributed by atoms with Gasteiger partial charge in [0.05, 0.1) is 12.1 Å². The van der Waals surface area contributed by atoms with Crippen LogP contribution in [0.3, 0.4) is 0 Å². The fraction of sp³-hybridized carbons (Fsp3) is 0.571. The van der Waals surface area contributed by atoms with Crippen LogP contribution in [0.15, 0.2) is 12.1 Å². The molecule has 2 fully saturated rings. The van der Waals surface area contributed by atoms with Crippen molar-refractivity contribution >= 4 is 35.7 Å². The maximum atomic E-state index is 12.5. The quantitative estimate of drug-likeness (QED) is 0.845. The summed E-state index contributed by atoms with van der Waals surface area (Å²) in [4.78, 5) is 14.2. The molecule has 2 saturated heterocycles. The Morgan fingerprint density at radius 3 is 3.00 bits per heavy atom. The smallest absolute Gasteiger partial charge is 0.240 e. The summed E-state index contributed by atoms with van der Waals surface area (Å²) < 4.78 is 0. The van der Waals surface area contributed by atoms with E-state index in [1.165, 1.54) is 0 Å². The van der Waals surface area contributed by atoms with Crippen molar-refractivity contribution in [3.8, 4) is 6.07 Å². The second-order valence-electron chi connectivity index (χ2n) is 5.60. The molecule has 1 amide bonds. The molecule has 124 valence electrons. The molecule has 2 N–H and O–H groups in total. The van der Waals surface area contributed by atoms with Crippen LogP contribution >= 0.6 is 24.0 Å². The zero-order chi connectivity index (χ0) is 15.5. The van der Waals surface area contributed by atoms with Gasteiger partial charge in [0.25, 0.3) is 0 Å². The van der Waals surface area contributed by atoms with Crippen molar-refractivity contribution in [3.05, 3.63) is 17.3 Å². The summed E-state index contributed by atoms with van der Waals surface area (Å²) in [6, 6.07) is 5.22. The number of nitrogens with one attached hydrogen (secondary N) is 2. The Bertz CT molecular complexity index is 590. The highest BCUT2D eigenvalue weighted by atomic mass is 35.5. The molecule has 0 saturated carbocycles. The molecule has 3 atom stereocenters. The highest BCUT2D eigenvalue weighted by Gasteiger charge is 2.37. The second-order valence-corrected chi connectivity index (χ2v) is 5.99. The Labute approximate surface area is 145 Å². The summed E-state index contributed by atoms with van der Waals surface area (Å²) in [5, 5.41) is 23.6. The lowest BCUT2D eigenvalue weighted by molar-refractivity contribution is -0.133. The molecule has 0 spiro atoms. The van der Waals surface area contributed by atoms with Crippen molar-refractivity contribution in [2.45, 2.75) is 37.4 Å². The molecule has 3 rings (SSSR count). The van der Waals surface area contributed by atoms with Crippen LogP contribution < -0.4 is 10.6 Å². The van der Waals surface area contributed by atoms with E-state index in [1.807, 2.05) is 0 Å². The number of carbonyl (C=O) groups excluding carboxylic acids is 1. The van der Waals surface area contributed by atoms with Gasteiger partial charge in [-0.15, -0.1) is 22.6 Å². The lowest BCUT2D eigenvalue weighted by atomic mass is 10.1. The van der Waals surface area contributed by atoms with Crippen LogP contribution in [-0.2, 0) is 4.79 Å². The third kappa shape index (κ3) is 4.02. The van der Waals surface area contributed by atoms with Crippen molar-refractivity contribution in [1.82, 2.24) is 20.4 Å². The first-order valence-corrected chi connectivity index (χ1v) is 7.74. The second kappa shape index (κ2) is 7.77. The highest BCUT2D eigenvalue weighted by molar-refractivity contribution is 6.29. The van der Waals surface area contributed by atoms with E-state index in [4.69, 9.17) is 16.9 Å². The number of amides is 1. The number of rotatable bonds is 3. The summed E-state index contributed by atoms with van der Waals surface area (Å²) in [6.45, 7) is 1.35. The molecule has 23 heavy (non-hydrogen) atoms. The third-order valence-corrected chi connectivity index (χ3v) is 4.30. The summed E-state index contributed by atoms with van der Waals surface area (Å²) in [6.07, 6.45) is 2.34. The van der Waals surface area contributed by atoms with Gasteiger partial charge in [0.1, 0.15) is 11.9 Å². The monoisotopic (exact) mass is 356 g/mol. The minimum atomic E-state index is -0.275. The van der Waals surface area contributed by atoms with Gasteiger partial charge >= 0.3 is 0 Å². The van der Waals surface area contributed by atoms with Crippen LogP contribution in [-0.4, -0.2) is 52.2 Å². The van der Waals surface area contributed by atoms with E-state index in [2.05, 4.69) is 26.9 Å². The molecule has 0 bridgehead atoms. The first kappa shape index (κ1) is 17.7. The largest absolute Gasteiger partial charge is 0.364 e. The molecule has 0 radical (unpaired) electrons. The van der Waals surface area contributed by atoms with Gasteiger partial charge in [-0.2, -0.15) is 5.26 Å². The van der Waals surface area contributed by atoms with Crippen LogP contribution in [0, 0.1) is 11.3 Å². The molecule has 2 aliphatic rings. The highest BCUT2D eigenvalue weighted by Crippen LogP contribution is 2.21. The molecular weight excluding hydrogens is 339 g/mol. The van der Waals surface area contributed by atoms with Gasteiger partial charge in [0.2, 0.25) is 5.91 Å². The van der Waals surface area contributed by atoms with Crippen LogP contribution in [0.2, 0.25) is 5.15 Å². The average Bonchev–Trinajstić information content (AvgIpc) is 3.17. The van der Waals surface area contributed by atoms with E-state index in [0.717, 1.165) is 12.8 Å². The normalized spacial score (nSPS) is 26.4. The summed E-state index contributed by atoms with van der Waals surface area (Å²) in [5.41, 5.74) is 0. The molecule has 2 aliphatic heterocycles. The van der Waals surface area contributed by atoms with E-state index in [9.17, 15) is 4.79 Å². The van der Waals surface area contributed by atoms with Crippen LogP contribution in [0.25, 0.3) is 0 Å². The van der Waals surface area contributed by atoms with E-state index >= 15 is 0 Å². The molecule has 1 aromatic heterocycles. The van der Waals surface area contributed by atoms with E-state index in [0.29, 0.717) is 30.5 Å². The minimum Gasteiger partial charge on any atom is -0.364 e. The lowest BCUT2D eigenvalue weighted by Gasteiger charge is -2.23. The van der Waals surface area contributed by atoms with Crippen LogP contribution in [0.4, 0.5) is 5.82 Å². The number of carbonyl (C=O) groups is 1. The Morgan fingerprint density at radius 2 is 2.30 bits per heavy atom. The van der Waals surface area contributed by atoms with Gasteiger partial charge in [-0.3, -0.25) is 4.79 Å². The van der Waals surface area contributed by atoms with E-state index in [1.54, 1.807) is 17.0 Å². The van der Waals surface area contributed by atoms with Crippen molar-refractivity contribution in [2.24, 2.45) is 0 Å². The predicted molar refractivity (Wildman–Crippen MR) is 88.5 cm³/mol. The van der Waals surface area contributed by atoms with Crippen molar-refractivity contribution < 1.29 is 4.79 Å². The predicted octanol–water partition coefficient (Wildman–Crippen LogP) is 1.21. The van der Waals surface area contributed by atoms with E-state index < -0.39 is 0 Å². The molecule has 0 unspecified atom stereocenters. The Kier molecular flexibility index (Phi) is 5.99. The summed E-state index contributed by atoms with van der Waals surface area (Å²) in [5.74, 6) is 0.663. The number of likely N-dealkylation sites (tertiary alicyclic amines) is 1. The van der Waals surface area contributed by atoms with Gasteiger partial charge < -0.3 is 15.5 Å². The first-order valence-electron chi connectivity index (χ1n) is 7.36. The molecule has 7 nitrogen and oxygen atoms in total. The summed E-state index contributed by atoms with van der Waals surface area (Å²) >= 11 is 5.70. The molecule has 0 aliphatic carbocycles. The molecule has 3 heterocycles. The van der Waals surface area contributed by atoms with Crippen molar-refractivity contribution in [2.75, 3.05) is 18.4 Å². The van der Waals surface area contributed by atoms with Gasteiger partial charge in [-0.05, 0) is 31.4 Å². The number of aromatic nitrogens is 2. The number of anilines is 1. The van der Waals surface area contributed by atoms with Crippen molar-refractivity contribution in [1.29, 1.82) is 5.26 Å². The Morgan fingerprint density at radius 1 is 1.48 bits per heavy atom. The standard InChI is InChI=1S/C14H17ClN6O.ClH/c15-12-3-4-13(20-19-12)18-9-6-11(17-8-9)14(22)21-5-1-2-10(21)7-16;/h3-4,9-11,17H,1-2,5-6,8H2,(H,18,20);1H/t9-,10-,11-;/m0./s1. The third-order valence-electron chi connectivity index (χ3n) is 4.10. The molecular formula is C14H18Cl2N6O. The maximum Gasteiger partial charge on any atom is 0.240 e. The first-order chi connectivity index (χ1) is 10.7. The molecule has 1 aromatic rings. The molecule has 9 heteroatoms. The van der Waals surface area contributed by atoms with Crippen LogP contribution in [0.1, 0.15) is 19.3 Å². The fourth-order valence-electron chi connectivity index (χ4n) is 3.00. The SMILES string of the molecule is Cl.N#C[C@@H]1CCCN1C(=O)[C@@H]1C[C@H](Nc2ccc(Cl)nn2)CN1. The maximum absolute atomic E-state index is 12.5. The summed E-state index contributed by atoms with van der Waals surface area (Å²) in [7, 11) is 0. The van der Waals surface area contributed by atoms with Gasteiger partial charge in [-0.1, -0.05) is 11.6 Å². The van der Waals surface area contributed by atoms with Gasteiger partial charge in [0.15, 0.2) is 5.15 Å². The van der Waals surface area contributed by atoms with Crippen molar-refractivity contribution in [3.63, 3.8) is 0 Å². The van der Waals surface area contributed by atoms with E-state index in [-0.39, 0.29) is 36.4 Å². The van der Waals surface area contributed by atoms with Gasteiger partial charge in [-0.25, -0.2) is 0 Å². The van der Waals surface area contributed by atoms with Gasteiger partial charge in [0, 0.05) is 19.1 Å². The topological polar surface area (TPSA) is 93.9 Å². The number of nitrogens with zero attached hydrogens (tertiary/aromatic N) is 4. The molecule has 0 aromatic carbocycles. The van der Waals surface area contributed by atoms with Crippen LogP contribution in [0.5, 0.6) is 0 Å². The minimum absolute atomic E-state index is 0. The fourth-order valence-corrected chi connectivity index (χ4v) is 3.10. The number of hydrogen-bond donors (Lipinski definition) is 2.